The van der Waals surface area contributed by atoms with E-state index in [4.69, 9.17) is 4.42 Å². The minimum Gasteiger partial charge on any atom is -0.464 e. The van der Waals surface area contributed by atoms with Gasteiger partial charge in [0, 0.05) is 31.3 Å². The van der Waals surface area contributed by atoms with E-state index >= 15 is 0 Å². The summed E-state index contributed by atoms with van der Waals surface area (Å²) in [6, 6.07) is 15.9. The monoisotopic (exact) mass is 416 g/mol. The molecule has 1 saturated heterocycles. The Balaban J connectivity index is 1.38. The van der Waals surface area contributed by atoms with Crippen molar-refractivity contribution >= 4 is 16.9 Å². The number of hydrogen-bond acceptors (Lipinski definition) is 4. The summed E-state index contributed by atoms with van der Waals surface area (Å²) >= 11 is 0. The first-order chi connectivity index (χ1) is 15.1. The molecule has 0 radical (unpaired) electrons. The molecule has 5 rings (SSSR count). The molecule has 1 aliphatic heterocycles. The van der Waals surface area contributed by atoms with Crippen molar-refractivity contribution in [1.82, 2.24) is 19.7 Å². The molecule has 158 valence electrons. The predicted molar refractivity (Wildman–Crippen MR) is 118 cm³/mol. The molecule has 3 heterocycles. The maximum absolute atomic E-state index is 12.5. The van der Waals surface area contributed by atoms with Gasteiger partial charge < -0.3 is 9.32 Å². The molecule has 0 aliphatic carbocycles. The Hall–Kier alpha value is -3.61. The second-order valence-corrected chi connectivity index (χ2v) is 8.05. The number of aromatic amines is 1. The quantitative estimate of drug-likeness (QED) is 0.537. The highest BCUT2D eigenvalue weighted by molar-refractivity contribution is 5.83. The van der Waals surface area contributed by atoms with Crippen LogP contribution in [0.15, 0.2) is 64.0 Å². The summed E-state index contributed by atoms with van der Waals surface area (Å²) in [5, 5.41) is 7.91. The molecule has 2 aromatic carbocycles. The highest BCUT2D eigenvalue weighted by Gasteiger charge is 2.27. The van der Waals surface area contributed by atoms with Crippen LogP contribution in [0.2, 0.25) is 0 Å². The smallest absolute Gasteiger partial charge is 0.347 e. The van der Waals surface area contributed by atoms with Crippen LogP contribution in [0.5, 0.6) is 0 Å². The van der Waals surface area contributed by atoms with Crippen LogP contribution in [-0.4, -0.2) is 38.7 Å². The van der Waals surface area contributed by atoms with Crippen LogP contribution >= 0.6 is 0 Å². The van der Waals surface area contributed by atoms with E-state index in [9.17, 15) is 9.59 Å². The maximum atomic E-state index is 12.5. The Bertz CT molecular complexity index is 1280. The van der Waals surface area contributed by atoms with E-state index in [1.54, 1.807) is 10.8 Å². The summed E-state index contributed by atoms with van der Waals surface area (Å²) in [5.41, 5.74) is 3.55. The number of likely N-dealkylation sites (tertiary alicyclic amines) is 1. The van der Waals surface area contributed by atoms with Gasteiger partial charge in [0.05, 0.1) is 12.0 Å². The highest BCUT2D eigenvalue weighted by atomic mass is 16.3. The first kappa shape index (κ1) is 19.4. The second kappa shape index (κ2) is 7.91. The number of amides is 1. The predicted octanol–water partition coefficient (Wildman–Crippen LogP) is 3.77. The van der Waals surface area contributed by atoms with Gasteiger partial charge in [-0.25, -0.2) is 14.5 Å². The zero-order valence-corrected chi connectivity index (χ0v) is 17.4. The molecule has 0 saturated carbocycles. The van der Waals surface area contributed by atoms with E-state index in [0.29, 0.717) is 24.6 Å². The topological polar surface area (TPSA) is 84.1 Å². The molecule has 4 aromatic rings. The van der Waals surface area contributed by atoms with Crippen LogP contribution < -0.4 is 5.69 Å². The number of carbonyl (C=O) groups excluding carboxylic acids is 1. The molecule has 0 bridgehead atoms. The molecule has 1 amide bonds. The molecular formula is C24H24N4O3. The van der Waals surface area contributed by atoms with Crippen molar-refractivity contribution in [2.45, 2.75) is 26.2 Å². The zero-order valence-electron chi connectivity index (χ0n) is 17.4. The number of hydrogen-bond donors (Lipinski definition) is 1. The first-order valence-corrected chi connectivity index (χ1v) is 10.6. The number of carbonyl (C=O) groups is 1. The fourth-order valence-corrected chi connectivity index (χ4v) is 4.39. The van der Waals surface area contributed by atoms with Crippen LogP contribution in [0, 0.1) is 5.92 Å². The zero-order chi connectivity index (χ0) is 21.4. The van der Waals surface area contributed by atoms with E-state index in [2.05, 4.69) is 16.3 Å². The number of nitrogens with one attached hydrogen (secondary N) is 1. The second-order valence-electron chi connectivity index (χ2n) is 8.05. The number of furan rings is 1. The SMILES string of the molecule is CCC(=O)N1CC[C@@H](Cc2n[nH]c(=O)n2-c2ccc(-c3ccc4occc4c3)cc2)C1. The summed E-state index contributed by atoms with van der Waals surface area (Å²) in [6.07, 6.45) is 3.80. The van der Waals surface area contributed by atoms with Gasteiger partial charge in [-0.2, -0.15) is 5.10 Å². The lowest BCUT2D eigenvalue weighted by Crippen LogP contribution is -2.28. The van der Waals surface area contributed by atoms with Gasteiger partial charge in [0.25, 0.3) is 0 Å². The summed E-state index contributed by atoms with van der Waals surface area (Å²) in [7, 11) is 0. The number of fused-ring (bicyclic) bond motifs is 1. The summed E-state index contributed by atoms with van der Waals surface area (Å²) < 4.78 is 7.05. The molecule has 1 fully saturated rings. The highest BCUT2D eigenvalue weighted by Crippen LogP contribution is 2.26. The Kier molecular flexibility index (Phi) is 4.94. The molecule has 1 aliphatic rings. The third kappa shape index (κ3) is 3.67. The van der Waals surface area contributed by atoms with Crippen molar-refractivity contribution in [3.8, 4) is 16.8 Å². The number of benzene rings is 2. The third-order valence-corrected chi connectivity index (χ3v) is 6.07. The molecule has 2 aromatic heterocycles. The standard InChI is InChI=1S/C24H24N4O3/c1-2-23(29)27-11-9-16(15-27)13-22-25-26-24(30)28(22)20-6-3-17(4-7-20)18-5-8-21-19(14-18)10-12-31-21/h3-8,10,12,14,16H,2,9,11,13,15H2,1H3,(H,26,30)/t16-/m0/s1. The van der Waals surface area contributed by atoms with Gasteiger partial charge >= 0.3 is 5.69 Å². The largest absolute Gasteiger partial charge is 0.464 e. The average Bonchev–Trinajstić information content (AvgIpc) is 3.53. The lowest BCUT2D eigenvalue weighted by Gasteiger charge is -2.15. The van der Waals surface area contributed by atoms with Crippen LogP contribution in [0.25, 0.3) is 27.8 Å². The minimum absolute atomic E-state index is 0.186. The lowest BCUT2D eigenvalue weighted by molar-refractivity contribution is -0.129. The molecule has 0 unspecified atom stereocenters. The summed E-state index contributed by atoms with van der Waals surface area (Å²) in [5.74, 6) is 1.20. The molecule has 0 spiro atoms. The fourth-order valence-electron chi connectivity index (χ4n) is 4.39. The molecule has 7 heteroatoms. The van der Waals surface area contributed by atoms with Crippen molar-refractivity contribution in [3.63, 3.8) is 0 Å². The number of aromatic nitrogens is 3. The Morgan fingerprint density at radius 1 is 1.16 bits per heavy atom. The fraction of sp³-hybridized carbons (Fsp3) is 0.292. The molecule has 7 nitrogen and oxygen atoms in total. The van der Waals surface area contributed by atoms with Crippen molar-refractivity contribution in [2.75, 3.05) is 13.1 Å². The average molecular weight is 416 g/mol. The molecule has 1 atom stereocenters. The van der Waals surface area contributed by atoms with E-state index in [0.717, 1.165) is 47.3 Å². The van der Waals surface area contributed by atoms with E-state index in [-0.39, 0.29) is 11.6 Å². The molecular weight excluding hydrogens is 392 g/mol. The number of H-pyrrole nitrogens is 1. The normalized spacial score (nSPS) is 16.3. The van der Waals surface area contributed by atoms with Crippen LogP contribution in [0.1, 0.15) is 25.6 Å². The van der Waals surface area contributed by atoms with Crippen molar-refractivity contribution in [2.24, 2.45) is 5.92 Å². The van der Waals surface area contributed by atoms with E-state index in [1.807, 2.05) is 54.3 Å². The van der Waals surface area contributed by atoms with Gasteiger partial charge in [0.15, 0.2) is 0 Å². The van der Waals surface area contributed by atoms with Gasteiger partial charge in [-0.3, -0.25) is 4.79 Å². The van der Waals surface area contributed by atoms with Crippen molar-refractivity contribution in [3.05, 3.63) is 71.1 Å². The van der Waals surface area contributed by atoms with E-state index < -0.39 is 0 Å². The van der Waals surface area contributed by atoms with Gasteiger partial charge in [-0.15, -0.1) is 0 Å². The maximum Gasteiger partial charge on any atom is 0.347 e. The van der Waals surface area contributed by atoms with Gasteiger partial charge in [-0.1, -0.05) is 25.1 Å². The summed E-state index contributed by atoms with van der Waals surface area (Å²) in [4.78, 5) is 26.3. The first-order valence-electron chi connectivity index (χ1n) is 10.6. The Morgan fingerprint density at radius 2 is 1.97 bits per heavy atom. The van der Waals surface area contributed by atoms with Crippen LogP contribution in [0.3, 0.4) is 0 Å². The molecule has 1 N–H and O–H groups in total. The van der Waals surface area contributed by atoms with Gasteiger partial charge in [0.2, 0.25) is 5.91 Å². The molecule has 31 heavy (non-hydrogen) atoms. The van der Waals surface area contributed by atoms with Crippen LogP contribution in [0.4, 0.5) is 0 Å². The summed E-state index contributed by atoms with van der Waals surface area (Å²) in [6.45, 7) is 3.39. The lowest BCUT2D eigenvalue weighted by atomic mass is 10.0. The van der Waals surface area contributed by atoms with Gasteiger partial charge in [-0.05, 0) is 53.8 Å². The Morgan fingerprint density at radius 3 is 2.77 bits per heavy atom. The van der Waals surface area contributed by atoms with Crippen molar-refractivity contribution in [1.29, 1.82) is 0 Å². The van der Waals surface area contributed by atoms with E-state index in [1.165, 1.54) is 0 Å². The number of rotatable bonds is 5. The van der Waals surface area contributed by atoms with Crippen LogP contribution in [-0.2, 0) is 11.2 Å². The Labute approximate surface area is 179 Å². The number of nitrogens with zero attached hydrogens (tertiary/aromatic N) is 3. The third-order valence-electron chi connectivity index (χ3n) is 6.07. The van der Waals surface area contributed by atoms with Gasteiger partial charge in [0.1, 0.15) is 11.4 Å². The van der Waals surface area contributed by atoms with Crippen molar-refractivity contribution < 1.29 is 9.21 Å². The minimum atomic E-state index is -0.248.